The number of pyridine rings is 1. The number of hydrogen-bond donors (Lipinski definition) is 0. The zero-order valence-corrected chi connectivity index (χ0v) is 11.0. The lowest BCUT2D eigenvalue weighted by atomic mass is 10.4. The lowest BCUT2D eigenvalue weighted by molar-refractivity contribution is 0.108. The summed E-state index contributed by atoms with van der Waals surface area (Å²) in [6.45, 7) is 3.99. The Bertz CT molecular complexity index is 357. The molecule has 0 saturated heterocycles. The van der Waals surface area contributed by atoms with Crippen molar-refractivity contribution >= 4 is 40.2 Å². The van der Waals surface area contributed by atoms with E-state index in [1.807, 2.05) is 19.9 Å². The molecule has 0 aromatic carbocycles. The molecule has 1 aromatic rings. The van der Waals surface area contributed by atoms with Gasteiger partial charge in [-0.3, -0.25) is 4.79 Å². The third-order valence-corrected chi connectivity index (χ3v) is 3.48. The largest absolute Gasteiger partial charge is 0.280 e. The average molecular weight is 262 g/mol. The molecule has 0 aliphatic rings. The molecule has 15 heavy (non-hydrogen) atoms. The van der Waals surface area contributed by atoms with Gasteiger partial charge in [-0.05, 0) is 23.6 Å². The number of carbonyl (C=O) groups excluding carboxylic acids is 1. The molecule has 0 fully saturated rings. The Morgan fingerprint density at radius 2 is 2.13 bits per heavy atom. The van der Waals surface area contributed by atoms with Gasteiger partial charge in [-0.15, -0.1) is 11.8 Å². The smallest absolute Gasteiger partial charge is 0.238 e. The van der Waals surface area contributed by atoms with Crippen molar-refractivity contribution in [3.8, 4) is 0 Å². The first-order valence-corrected chi connectivity index (χ1v) is 7.00. The molecule has 0 atom stereocenters. The van der Waals surface area contributed by atoms with Gasteiger partial charge in [0.05, 0.1) is 0 Å². The van der Waals surface area contributed by atoms with E-state index in [4.69, 9.17) is 11.6 Å². The Balaban J connectivity index is 3.00. The van der Waals surface area contributed by atoms with Crippen LogP contribution in [-0.4, -0.2) is 21.6 Å². The fraction of sp³-hybridized carbons (Fsp3) is 0.400. The first-order valence-electron chi connectivity index (χ1n) is 4.65. The van der Waals surface area contributed by atoms with Gasteiger partial charge in [-0.2, -0.15) is 0 Å². The molecule has 1 rings (SSSR count). The van der Waals surface area contributed by atoms with Crippen molar-refractivity contribution in [1.82, 2.24) is 4.98 Å². The number of aromatic nitrogens is 1. The molecule has 0 spiro atoms. The maximum absolute atomic E-state index is 11.7. The van der Waals surface area contributed by atoms with Crippen molar-refractivity contribution in [3.05, 3.63) is 23.0 Å². The number of halogens is 1. The second-order valence-electron chi connectivity index (χ2n) is 2.63. The summed E-state index contributed by atoms with van der Waals surface area (Å²) in [6.07, 6.45) is 0. The van der Waals surface area contributed by atoms with Crippen molar-refractivity contribution < 1.29 is 4.79 Å². The molecular formula is C10H12ClNOS2. The first-order chi connectivity index (χ1) is 7.19. The van der Waals surface area contributed by atoms with E-state index in [0.29, 0.717) is 10.8 Å². The minimum Gasteiger partial charge on any atom is -0.280 e. The summed E-state index contributed by atoms with van der Waals surface area (Å²) in [5, 5.41) is 0.367. The molecule has 0 aliphatic carbocycles. The van der Waals surface area contributed by atoms with E-state index >= 15 is 0 Å². The van der Waals surface area contributed by atoms with Crippen molar-refractivity contribution in [1.29, 1.82) is 0 Å². The highest BCUT2D eigenvalue weighted by atomic mass is 35.5. The van der Waals surface area contributed by atoms with Gasteiger partial charge in [-0.1, -0.05) is 37.2 Å². The van der Waals surface area contributed by atoms with Gasteiger partial charge in [0, 0.05) is 4.90 Å². The van der Waals surface area contributed by atoms with Crippen LogP contribution in [0.5, 0.6) is 0 Å². The molecule has 0 saturated carbocycles. The van der Waals surface area contributed by atoms with Crippen LogP contribution in [0.25, 0.3) is 0 Å². The summed E-state index contributed by atoms with van der Waals surface area (Å²) in [4.78, 5) is 16.7. The van der Waals surface area contributed by atoms with Gasteiger partial charge in [0.15, 0.2) is 0 Å². The van der Waals surface area contributed by atoms with Crippen LogP contribution in [0.3, 0.4) is 0 Å². The first kappa shape index (κ1) is 12.9. The third kappa shape index (κ3) is 3.70. The van der Waals surface area contributed by atoms with E-state index in [2.05, 4.69) is 4.98 Å². The summed E-state index contributed by atoms with van der Waals surface area (Å²) < 4.78 is 0. The fourth-order valence-corrected chi connectivity index (χ4v) is 2.56. The fourth-order valence-electron chi connectivity index (χ4n) is 1.04. The quantitative estimate of drug-likeness (QED) is 0.610. The maximum atomic E-state index is 11.7. The van der Waals surface area contributed by atoms with Crippen LogP contribution in [-0.2, 0) is 0 Å². The SMILES string of the molecule is CCSC(=O)c1nc(Cl)ccc1SCC. The number of hydrogen-bond acceptors (Lipinski definition) is 4. The number of thioether (sulfide) groups is 2. The van der Waals surface area contributed by atoms with Crippen LogP contribution >= 0.6 is 35.1 Å². The molecule has 0 bridgehead atoms. The topological polar surface area (TPSA) is 30.0 Å². The van der Waals surface area contributed by atoms with Crippen molar-refractivity contribution in [2.75, 3.05) is 11.5 Å². The summed E-state index contributed by atoms with van der Waals surface area (Å²) >= 11 is 8.65. The van der Waals surface area contributed by atoms with E-state index < -0.39 is 0 Å². The normalized spacial score (nSPS) is 10.3. The predicted molar refractivity (Wildman–Crippen MR) is 68.1 cm³/mol. The Kier molecular flexibility index (Phi) is 5.50. The standard InChI is InChI=1S/C10H12ClNOS2/c1-3-14-7-5-6-8(11)12-9(7)10(13)15-4-2/h5-6H,3-4H2,1-2H3. The Morgan fingerprint density at radius 3 is 2.73 bits per heavy atom. The van der Waals surface area contributed by atoms with Gasteiger partial charge < -0.3 is 0 Å². The van der Waals surface area contributed by atoms with Crippen LogP contribution < -0.4 is 0 Å². The summed E-state index contributed by atoms with van der Waals surface area (Å²) in [5.74, 6) is 1.67. The van der Waals surface area contributed by atoms with Crippen molar-refractivity contribution in [2.24, 2.45) is 0 Å². The van der Waals surface area contributed by atoms with E-state index in [-0.39, 0.29) is 5.12 Å². The predicted octanol–water partition coefficient (Wildman–Crippen LogP) is 3.74. The van der Waals surface area contributed by atoms with E-state index in [1.54, 1.807) is 17.8 Å². The number of rotatable bonds is 4. The molecular weight excluding hydrogens is 250 g/mol. The monoisotopic (exact) mass is 261 g/mol. The summed E-state index contributed by atoms with van der Waals surface area (Å²) in [7, 11) is 0. The van der Waals surface area contributed by atoms with Gasteiger partial charge in [0.2, 0.25) is 5.12 Å². The minimum atomic E-state index is -0.00375. The lowest BCUT2D eigenvalue weighted by Gasteiger charge is -2.05. The van der Waals surface area contributed by atoms with Crippen molar-refractivity contribution in [2.45, 2.75) is 18.7 Å². The molecule has 2 nitrogen and oxygen atoms in total. The highest BCUT2D eigenvalue weighted by Gasteiger charge is 2.13. The molecule has 5 heteroatoms. The highest BCUT2D eigenvalue weighted by molar-refractivity contribution is 8.14. The molecule has 0 aliphatic heterocycles. The molecule has 1 heterocycles. The Morgan fingerprint density at radius 1 is 1.40 bits per heavy atom. The molecule has 1 aromatic heterocycles. The van der Waals surface area contributed by atoms with E-state index in [9.17, 15) is 4.79 Å². The van der Waals surface area contributed by atoms with Crippen LogP contribution in [0.2, 0.25) is 5.15 Å². The second-order valence-corrected chi connectivity index (χ2v) is 5.56. The van der Waals surface area contributed by atoms with Crippen LogP contribution in [0, 0.1) is 0 Å². The zero-order valence-electron chi connectivity index (χ0n) is 8.62. The highest BCUT2D eigenvalue weighted by Crippen LogP contribution is 2.26. The average Bonchev–Trinajstić information content (AvgIpc) is 2.21. The molecule has 82 valence electrons. The summed E-state index contributed by atoms with van der Waals surface area (Å²) in [6, 6.07) is 3.57. The van der Waals surface area contributed by atoms with E-state index in [0.717, 1.165) is 16.4 Å². The Hall–Kier alpha value is -0.190. The minimum absolute atomic E-state index is 0.00375. The van der Waals surface area contributed by atoms with Gasteiger partial charge in [0.25, 0.3) is 0 Å². The van der Waals surface area contributed by atoms with Gasteiger partial charge >= 0.3 is 0 Å². The van der Waals surface area contributed by atoms with E-state index in [1.165, 1.54) is 11.8 Å². The molecule has 0 N–H and O–H groups in total. The van der Waals surface area contributed by atoms with Crippen LogP contribution in [0.15, 0.2) is 17.0 Å². The van der Waals surface area contributed by atoms with Gasteiger partial charge in [0.1, 0.15) is 10.8 Å². The number of nitrogens with zero attached hydrogens (tertiary/aromatic N) is 1. The maximum Gasteiger partial charge on any atom is 0.238 e. The van der Waals surface area contributed by atoms with Gasteiger partial charge in [-0.25, -0.2) is 4.98 Å². The second kappa shape index (κ2) is 6.40. The van der Waals surface area contributed by atoms with Crippen molar-refractivity contribution in [3.63, 3.8) is 0 Å². The third-order valence-electron chi connectivity index (χ3n) is 1.59. The molecule has 0 unspecified atom stereocenters. The van der Waals surface area contributed by atoms with Crippen LogP contribution in [0.4, 0.5) is 0 Å². The zero-order chi connectivity index (χ0) is 11.3. The molecule has 0 radical (unpaired) electrons. The van der Waals surface area contributed by atoms with Crippen LogP contribution in [0.1, 0.15) is 24.3 Å². The molecule has 0 amide bonds. The summed E-state index contributed by atoms with van der Waals surface area (Å²) in [5.41, 5.74) is 0.487. The lowest BCUT2D eigenvalue weighted by Crippen LogP contribution is -2.01. The number of carbonyl (C=O) groups is 1. The Labute approximate surface area is 103 Å².